The van der Waals surface area contributed by atoms with Gasteiger partial charge in [0.1, 0.15) is 6.04 Å². The van der Waals surface area contributed by atoms with Gasteiger partial charge >= 0.3 is 12.4 Å². The third-order valence-corrected chi connectivity index (χ3v) is 5.03. The van der Waals surface area contributed by atoms with E-state index in [-0.39, 0.29) is 23.8 Å². The molecule has 1 aliphatic rings. The van der Waals surface area contributed by atoms with E-state index in [9.17, 15) is 26.3 Å². The number of anilines is 1. The molecule has 0 unspecified atom stereocenters. The van der Waals surface area contributed by atoms with Crippen molar-refractivity contribution in [2.75, 3.05) is 5.32 Å². The molecule has 9 heteroatoms. The lowest BCUT2D eigenvalue weighted by atomic mass is 9.95. The van der Waals surface area contributed by atoms with Crippen molar-refractivity contribution in [3.63, 3.8) is 0 Å². The fraction of sp³-hybridized carbons (Fsp3) is 0.174. The minimum Gasteiger partial charge on any atom is -0.347 e. The minimum atomic E-state index is -4.93. The zero-order valence-electron chi connectivity index (χ0n) is 16.4. The second-order valence-electron chi connectivity index (χ2n) is 7.29. The van der Waals surface area contributed by atoms with Crippen molar-refractivity contribution in [2.45, 2.75) is 24.4 Å². The van der Waals surface area contributed by atoms with Crippen molar-refractivity contribution in [2.24, 2.45) is 4.99 Å². The van der Waals surface area contributed by atoms with Gasteiger partial charge in [0, 0.05) is 5.69 Å². The fourth-order valence-corrected chi connectivity index (χ4v) is 3.55. The van der Waals surface area contributed by atoms with Crippen LogP contribution >= 0.6 is 0 Å². The molecule has 0 amide bonds. The highest BCUT2D eigenvalue weighted by Gasteiger charge is 2.37. The van der Waals surface area contributed by atoms with E-state index in [1.807, 2.05) is 60.7 Å². The zero-order valence-corrected chi connectivity index (χ0v) is 16.4. The summed E-state index contributed by atoms with van der Waals surface area (Å²) in [6, 6.07) is 19.1. The maximum atomic E-state index is 13.2. The van der Waals surface area contributed by atoms with Crippen LogP contribution in [0.3, 0.4) is 0 Å². The highest BCUT2D eigenvalue weighted by molar-refractivity contribution is 5.95. The monoisotopic (exact) mass is 449 g/mol. The molecule has 1 aliphatic heterocycles. The van der Waals surface area contributed by atoms with Gasteiger partial charge in [0.15, 0.2) is 5.96 Å². The summed E-state index contributed by atoms with van der Waals surface area (Å²) in [5, 5.41) is 5.70. The van der Waals surface area contributed by atoms with Gasteiger partial charge in [-0.25, -0.2) is 4.99 Å². The molecule has 2 N–H and O–H groups in total. The van der Waals surface area contributed by atoms with Crippen LogP contribution in [-0.2, 0) is 12.4 Å². The summed E-state index contributed by atoms with van der Waals surface area (Å²) in [4.78, 5) is 4.53. The topological polar surface area (TPSA) is 36.4 Å². The Kier molecular flexibility index (Phi) is 5.58. The Morgan fingerprint density at radius 3 is 1.69 bits per heavy atom. The summed E-state index contributed by atoms with van der Waals surface area (Å²) in [5.41, 5.74) is -1.42. The summed E-state index contributed by atoms with van der Waals surface area (Å²) in [6.45, 7) is 0. The molecule has 3 aromatic carbocycles. The molecule has 0 bridgehead atoms. The molecule has 3 aromatic rings. The van der Waals surface area contributed by atoms with Crippen LogP contribution in [0.25, 0.3) is 0 Å². The van der Waals surface area contributed by atoms with Gasteiger partial charge in [0.25, 0.3) is 0 Å². The number of nitrogens with zero attached hydrogens (tertiary/aromatic N) is 1. The first-order chi connectivity index (χ1) is 15.1. The van der Waals surface area contributed by atoms with Gasteiger partial charge in [-0.2, -0.15) is 26.3 Å². The summed E-state index contributed by atoms with van der Waals surface area (Å²) in [5.74, 6) is 0.0835. The highest BCUT2D eigenvalue weighted by atomic mass is 19.4. The summed E-state index contributed by atoms with van der Waals surface area (Å²) in [7, 11) is 0. The highest BCUT2D eigenvalue weighted by Crippen LogP contribution is 2.39. The van der Waals surface area contributed by atoms with Crippen molar-refractivity contribution in [1.82, 2.24) is 5.32 Å². The Labute approximate surface area is 179 Å². The first-order valence-electron chi connectivity index (χ1n) is 9.62. The molecular weight excluding hydrogens is 432 g/mol. The summed E-state index contributed by atoms with van der Waals surface area (Å²) < 4.78 is 79.1. The molecule has 0 fully saturated rings. The van der Waals surface area contributed by atoms with E-state index >= 15 is 0 Å². The van der Waals surface area contributed by atoms with Gasteiger partial charge in [0.2, 0.25) is 0 Å². The van der Waals surface area contributed by atoms with Crippen LogP contribution in [0.5, 0.6) is 0 Å². The average molecular weight is 449 g/mol. The molecular formula is C23H17F6N3. The van der Waals surface area contributed by atoms with Gasteiger partial charge in [-0.05, 0) is 29.3 Å². The zero-order chi connectivity index (χ0) is 22.9. The Balaban J connectivity index is 1.70. The van der Waals surface area contributed by atoms with Crippen molar-refractivity contribution >= 4 is 11.6 Å². The molecule has 0 saturated heterocycles. The van der Waals surface area contributed by atoms with Gasteiger partial charge in [-0.1, -0.05) is 60.7 Å². The number of nitrogens with one attached hydrogen (secondary N) is 2. The van der Waals surface area contributed by atoms with Crippen LogP contribution < -0.4 is 10.6 Å². The molecule has 166 valence electrons. The van der Waals surface area contributed by atoms with E-state index < -0.39 is 29.5 Å². The Hall–Kier alpha value is -3.49. The number of hydrogen-bond donors (Lipinski definition) is 2. The van der Waals surface area contributed by atoms with Crippen LogP contribution in [0.1, 0.15) is 34.3 Å². The largest absolute Gasteiger partial charge is 0.416 e. The van der Waals surface area contributed by atoms with E-state index in [1.54, 1.807) is 0 Å². The fourth-order valence-electron chi connectivity index (χ4n) is 3.55. The molecule has 32 heavy (non-hydrogen) atoms. The second-order valence-corrected chi connectivity index (χ2v) is 7.29. The predicted molar refractivity (Wildman–Crippen MR) is 109 cm³/mol. The molecule has 1 heterocycles. The quantitative estimate of drug-likeness (QED) is 0.444. The first-order valence-corrected chi connectivity index (χ1v) is 9.62. The van der Waals surface area contributed by atoms with E-state index in [2.05, 4.69) is 15.6 Å². The van der Waals surface area contributed by atoms with Gasteiger partial charge in [-0.3, -0.25) is 0 Å². The maximum Gasteiger partial charge on any atom is 0.416 e. The lowest BCUT2D eigenvalue weighted by Gasteiger charge is -2.20. The van der Waals surface area contributed by atoms with Crippen LogP contribution in [0.4, 0.5) is 32.0 Å². The summed E-state index contributed by atoms with van der Waals surface area (Å²) in [6.07, 6.45) is -9.86. The molecule has 2 atom stereocenters. The van der Waals surface area contributed by atoms with Crippen molar-refractivity contribution in [3.05, 3.63) is 101 Å². The molecule has 0 aromatic heterocycles. The van der Waals surface area contributed by atoms with Crippen molar-refractivity contribution < 1.29 is 26.3 Å². The minimum absolute atomic E-state index is 0.0835. The lowest BCUT2D eigenvalue weighted by molar-refractivity contribution is -0.143. The lowest BCUT2D eigenvalue weighted by Crippen LogP contribution is -2.30. The Morgan fingerprint density at radius 1 is 0.688 bits per heavy atom. The number of guanidine groups is 1. The molecule has 0 spiro atoms. The van der Waals surface area contributed by atoms with Crippen molar-refractivity contribution in [3.8, 4) is 0 Å². The van der Waals surface area contributed by atoms with Crippen molar-refractivity contribution in [1.29, 1.82) is 0 Å². The van der Waals surface area contributed by atoms with Crippen LogP contribution in [0.2, 0.25) is 0 Å². The standard InChI is InChI=1S/C23H17F6N3/c24-22(25,26)16-11-17(23(27,28)29)13-18(12-16)30-21-31-19(14-7-3-1-4-8-14)20(32-21)15-9-5-2-6-10-15/h1-13,19-20H,(H2,30,31,32)/t19-,20-/m1/s1. The number of hydrogen-bond acceptors (Lipinski definition) is 3. The summed E-state index contributed by atoms with van der Waals surface area (Å²) >= 11 is 0. The normalized spacial score (nSPS) is 18.8. The van der Waals surface area contributed by atoms with Gasteiger partial charge in [-0.15, -0.1) is 0 Å². The number of aliphatic imine (C=N–C) groups is 1. The first kappa shape index (κ1) is 21.7. The van der Waals surface area contributed by atoms with Gasteiger partial charge < -0.3 is 10.6 Å². The average Bonchev–Trinajstić information content (AvgIpc) is 3.17. The third-order valence-electron chi connectivity index (χ3n) is 5.03. The number of rotatable bonds is 3. The molecule has 0 aliphatic carbocycles. The SMILES string of the molecule is FC(F)(F)c1cc(NC2=N[C@H](c3ccccc3)[C@@H](c3ccccc3)N2)cc(C(F)(F)F)c1. The number of alkyl halides is 6. The van der Waals surface area contributed by atoms with E-state index in [1.165, 1.54) is 0 Å². The Bertz CT molecular complexity index is 1080. The second kappa shape index (κ2) is 8.22. The number of benzene rings is 3. The molecule has 0 radical (unpaired) electrons. The smallest absolute Gasteiger partial charge is 0.347 e. The van der Waals surface area contributed by atoms with Crippen LogP contribution in [-0.4, -0.2) is 5.96 Å². The number of halogens is 6. The van der Waals surface area contributed by atoms with Gasteiger partial charge in [0.05, 0.1) is 17.2 Å². The van der Waals surface area contributed by atoms with Crippen LogP contribution in [0, 0.1) is 0 Å². The molecule has 3 nitrogen and oxygen atoms in total. The van der Waals surface area contributed by atoms with Crippen LogP contribution in [0.15, 0.2) is 83.9 Å². The molecule has 0 saturated carbocycles. The predicted octanol–water partition coefficient (Wildman–Crippen LogP) is 6.58. The Morgan fingerprint density at radius 2 is 1.19 bits per heavy atom. The molecule has 4 rings (SSSR count). The van der Waals surface area contributed by atoms with E-state index in [0.29, 0.717) is 12.1 Å². The van der Waals surface area contributed by atoms with E-state index in [4.69, 9.17) is 0 Å². The maximum absolute atomic E-state index is 13.2. The van der Waals surface area contributed by atoms with E-state index in [0.717, 1.165) is 11.1 Å². The third kappa shape index (κ3) is 4.71.